The van der Waals surface area contributed by atoms with Gasteiger partial charge in [-0.15, -0.1) is 11.8 Å². The summed E-state index contributed by atoms with van der Waals surface area (Å²) in [6.07, 6.45) is 0. The quantitative estimate of drug-likeness (QED) is 0.589. The van der Waals surface area contributed by atoms with Crippen molar-refractivity contribution in [3.63, 3.8) is 0 Å². The van der Waals surface area contributed by atoms with Gasteiger partial charge in [-0.2, -0.15) is 0 Å². The van der Waals surface area contributed by atoms with Crippen LogP contribution in [0, 0.1) is 0 Å². The summed E-state index contributed by atoms with van der Waals surface area (Å²) in [7, 11) is 4.43. The number of hydrogen-bond acceptors (Lipinski definition) is 6. The molecule has 2 aromatic rings. The molecule has 0 aliphatic rings. The maximum absolute atomic E-state index is 12.5. The zero-order valence-electron chi connectivity index (χ0n) is 15.1. The lowest BCUT2D eigenvalue weighted by molar-refractivity contribution is -0.115. The summed E-state index contributed by atoms with van der Waals surface area (Å²) in [6.45, 7) is 1.79. The average molecular weight is 375 g/mol. The van der Waals surface area contributed by atoms with Crippen LogP contribution in [0.4, 0.5) is 5.69 Å². The van der Waals surface area contributed by atoms with Crippen molar-refractivity contribution in [3.8, 4) is 11.5 Å². The number of carbonyl (C=O) groups is 2. The second-order valence-electron chi connectivity index (χ2n) is 5.30. The molecule has 2 aromatic carbocycles. The Kier molecular flexibility index (Phi) is 6.91. The number of methoxy groups -OCH3 is 3. The third-order valence-corrected chi connectivity index (χ3v) is 4.72. The Morgan fingerprint density at radius 1 is 1.00 bits per heavy atom. The van der Waals surface area contributed by atoms with E-state index in [9.17, 15) is 9.59 Å². The number of hydrogen-bond donors (Lipinski definition) is 1. The Morgan fingerprint density at radius 2 is 1.69 bits per heavy atom. The molecule has 0 spiro atoms. The van der Waals surface area contributed by atoms with Crippen LogP contribution >= 0.6 is 11.8 Å². The Bertz CT molecular complexity index is 793. The van der Waals surface area contributed by atoms with Gasteiger partial charge in [-0.25, -0.2) is 4.79 Å². The van der Waals surface area contributed by atoms with E-state index in [1.165, 1.54) is 18.9 Å². The van der Waals surface area contributed by atoms with Crippen molar-refractivity contribution in [1.29, 1.82) is 0 Å². The standard InChI is InChI=1S/C19H21NO5S/c1-12(26-13-9-10-16(23-2)17(11-13)24-3)18(21)20-15-8-6-5-7-14(15)19(22)25-4/h5-12H,1-4H3,(H,20,21)/t12-/m1/s1. The minimum absolute atomic E-state index is 0.221. The Labute approximate surface area is 156 Å². The van der Waals surface area contributed by atoms with Crippen molar-refractivity contribution in [2.45, 2.75) is 17.1 Å². The van der Waals surface area contributed by atoms with Crippen molar-refractivity contribution >= 4 is 29.3 Å². The predicted octanol–water partition coefficient (Wildman–Crippen LogP) is 3.61. The van der Waals surface area contributed by atoms with Gasteiger partial charge in [-0.1, -0.05) is 12.1 Å². The fourth-order valence-corrected chi connectivity index (χ4v) is 3.16. The van der Waals surface area contributed by atoms with Crippen molar-refractivity contribution in [3.05, 3.63) is 48.0 Å². The van der Waals surface area contributed by atoms with E-state index in [4.69, 9.17) is 14.2 Å². The molecule has 0 fully saturated rings. The van der Waals surface area contributed by atoms with E-state index in [0.29, 0.717) is 22.7 Å². The number of amides is 1. The van der Waals surface area contributed by atoms with Crippen molar-refractivity contribution in [2.75, 3.05) is 26.6 Å². The SMILES string of the molecule is COC(=O)c1ccccc1NC(=O)[C@@H](C)Sc1ccc(OC)c(OC)c1. The van der Waals surface area contributed by atoms with Crippen LogP contribution in [-0.4, -0.2) is 38.5 Å². The number of carbonyl (C=O) groups excluding carboxylic acids is 2. The second kappa shape index (κ2) is 9.15. The van der Waals surface area contributed by atoms with Gasteiger partial charge in [0, 0.05) is 4.90 Å². The van der Waals surface area contributed by atoms with Crippen LogP contribution in [0.2, 0.25) is 0 Å². The summed E-state index contributed by atoms with van der Waals surface area (Å²) in [4.78, 5) is 25.2. The highest BCUT2D eigenvalue weighted by Crippen LogP contribution is 2.33. The summed E-state index contributed by atoms with van der Waals surface area (Å²) in [5.74, 6) is 0.504. The molecule has 138 valence electrons. The molecule has 1 amide bonds. The molecule has 2 rings (SSSR count). The molecule has 0 unspecified atom stereocenters. The molecule has 6 nitrogen and oxygen atoms in total. The van der Waals surface area contributed by atoms with Gasteiger partial charge in [0.1, 0.15) is 0 Å². The molecular formula is C19H21NO5S. The predicted molar refractivity (Wildman–Crippen MR) is 101 cm³/mol. The first-order chi connectivity index (χ1) is 12.5. The van der Waals surface area contributed by atoms with Crippen LogP contribution in [0.15, 0.2) is 47.4 Å². The number of benzene rings is 2. The van der Waals surface area contributed by atoms with Crippen LogP contribution in [0.5, 0.6) is 11.5 Å². The smallest absolute Gasteiger partial charge is 0.339 e. The Hall–Kier alpha value is -2.67. The molecule has 0 saturated heterocycles. The lowest BCUT2D eigenvalue weighted by Crippen LogP contribution is -2.23. The van der Waals surface area contributed by atoms with Gasteiger partial charge in [0.25, 0.3) is 0 Å². The molecule has 0 aromatic heterocycles. The van der Waals surface area contributed by atoms with Gasteiger partial charge in [0.2, 0.25) is 5.91 Å². The molecule has 0 aliphatic heterocycles. The molecule has 7 heteroatoms. The first-order valence-electron chi connectivity index (χ1n) is 7.87. The molecule has 0 radical (unpaired) electrons. The molecule has 0 bridgehead atoms. The second-order valence-corrected chi connectivity index (χ2v) is 6.72. The number of nitrogens with one attached hydrogen (secondary N) is 1. The van der Waals surface area contributed by atoms with Crippen LogP contribution in [0.1, 0.15) is 17.3 Å². The third-order valence-electron chi connectivity index (χ3n) is 3.63. The number of esters is 1. The summed E-state index contributed by atoms with van der Waals surface area (Å²) >= 11 is 1.38. The minimum atomic E-state index is -0.499. The molecule has 0 saturated carbocycles. The van der Waals surface area contributed by atoms with Gasteiger partial charge in [-0.05, 0) is 37.3 Å². The number of anilines is 1. The summed E-state index contributed by atoms with van der Waals surface area (Å²) in [5.41, 5.74) is 0.732. The van der Waals surface area contributed by atoms with Crippen molar-refractivity contribution in [1.82, 2.24) is 0 Å². The minimum Gasteiger partial charge on any atom is -0.493 e. The average Bonchev–Trinajstić information content (AvgIpc) is 2.67. The summed E-state index contributed by atoms with van der Waals surface area (Å²) in [6, 6.07) is 12.2. The van der Waals surface area contributed by atoms with E-state index in [0.717, 1.165) is 4.90 Å². The van der Waals surface area contributed by atoms with Gasteiger partial charge in [-0.3, -0.25) is 4.79 Å². The number of ether oxygens (including phenoxy) is 3. The summed E-state index contributed by atoms with van der Waals surface area (Å²) < 4.78 is 15.2. The first-order valence-corrected chi connectivity index (χ1v) is 8.75. The molecule has 26 heavy (non-hydrogen) atoms. The number of thioether (sulfide) groups is 1. The monoisotopic (exact) mass is 375 g/mol. The van der Waals surface area contributed by atoms with E-state index in [1.54, 1.807) is 51.5 Å². The highest BCUT2D eigenvalue weighted by molar-refractivity contribution is 8.00. The van der Waals surface area contributed by atoms with E-state index < -0.39 is 5.97 Å². The number of rotatable bonds is 7. The normalized spacial score (nSPS) is 11.4. The van der Waals surface area contributed by atoms with Crippen LogP contribution in [0.3, 0.4) is 0 Å². The van der Waals surface area contributed by atoms with Crippen LogP contribution < -0.4 is 14.8 Å². The molecule has 1 N–H and O–H groups in total. The van der Waals surface area contributed by atoms with Gasteiger partial charge in [0.15, 0.2) is 11.5 Å². The largest absolute Gasteiger partial charge is 0.493 e. The van der Waals surface area contributed by atoms with Crippen molar-refractivity contribution < 1.29 is 23.8 Å². The van der Waals surface area contributed by atoms with Crippen molar-refractivity contribution in [2.24, 2.45) is 0 Å². The number of para-hydroxylation sites is 1. The zero-order chi connectivity index (χ0) is 19.1. The van der Waals surface area contributed by atoms with E-state index >= 15 is 0 Å². The molecule has 0 heterocycles. The van der Waals surface area contributed by atoms with Gasteiger partial charge in [0.05, 0.1) is 37.8 Å². The maximum atomic E-state index is 12.5. The molecule has 1 atom stereocenters. The molecular weight excluding hydrogens is 354 g/mol. The fraction of sp³-hybridized carbons (Fsp3) is 0.263. The maximum Gasteiger partial charge on any atom is 0.339 e. The lowest BCUT2D eigenvalue weighted by Gasteiger charge is -2.15. The Balaban J connectivity index is 2.10. The zero-order valence-corrected chi connectivity index (χ0v) is 15.9. The highest BCUT2D eigenvalue weighted by Gasteiger charge is 2.19. The van der Waals surface area contributed by atoms with Gasteiger partial charge < -0.3 is 19.5 Å². The van der Waals surface area contributed by atoms with Crippen LogP contribution in [0.25, 0.3) is 0 Å². The lowest BCUT2D eigenvalue weighted by atomic mass is 10.2. The van der Waals surface area contributed by atoms with Crippen LogP contribution in [-0.2, 0) is 9.53 Å². The fourth-order valence-electron chi connectivity index (χ4n) is 2.26. The topological polar surface area (TPSA) is 73.9 Å². The first kappa shape index (κ1) is 19.7. The van der Waals surface area contributed by atoms with Gasteiger partial charge >= 0.3 is 5.97 Å². The Morgan fingerprint density at radius 3 is 2.35 bits per heavy atom. The van der Waals surface area contributed by atoms with E-state index in [-0.39, 0.29) is 11.2 Å². The van der Waals surface area contributed by atoms with E-state index in [1.807, 2.05) is 12.1 Å². The highest BCUT2D eigenvalue weighted by atomic mass is 32.2. The third kappa shape index (κ3) is 4.70. The van der Waals surface area contributed by atoms with E-state index in [2.05, 4.69) is 5.32 Å². The summed E-state index contributed by atoms with van der Waals surface area (Å²) in [5, 5.41) is 2.39. The molecule has 0 aliphatic carbocycles.